The van der Waals surface area contributed by atoms with E-state index in [1.54, 1.807) is 31.2 Å². The van der Waals surface area contributed by atoms with Gasteiger partial charge in [-0.3, -0.25) is 4.79 Å². The van der Waals surface area contributed by atoms with Crippen molar-refractivity contribution in [1.29, 1.82) is 0 Å². The molecule has 0 aromatic heterocycles. The Morgan fingerprint density at radius 3 is 2.30 bits per heavy atom. The second kappa shape index (κ2) is 8.79. The summed E-state index contributed by atoms with van der Waals surface area (Å²) in [4.78, 5) is 11.3. The summed E-state index contributed by atoms with van der Waals surface area (Å²) < 4.78 is 5.51. The number of nitrogens with two attached hydrogens (primary N) is 1. The average Bonchev–Trinajstić information content (AvgIpc) is 2.35. The van der Waals surface area contributed by atoms with E-state index in [1.165, 1.54) is 0 Å². The first-order valence-corrected chi connectivity index (χ1v) is 6.38. The largest absolute Gasteiger partial charge is 0.491 e. The molecule has 114 valence electrons. The van der Waals surface area contributed by atoms with E-state index in [0.717, 1.165) is 11.3 Å². The Balaban J connectivity index is 0.00000361. The molecule has 4 N–H and O–H groups in total. The fourth-order valence-corrected chi connectivity index (χ4v) is 1.52. The van der Waals surface area contributed by atoms with Crippen LogP contribution in [0.15, 0.2) is 24.3 Å². The van der Waals surface area contributed by atoms with E-state index < -0.39 is 12.1 Å². The van der Waals surface area contributed by atoms with Crippen LogP contribution >= 0.6 is 12.4 Å². The van der Waals surface area contributed by atoms with Crippen LogP contribution in [0.4, 0.5) is 0 Å². The van der Waals surface area contributed by atoms with Gasteiger partial charge >= 0.3 is 0 Å². The number of benzene rings is 1. The molecule has 1 rings (SSSR count). The van der Waals surface area contributed by atoms with Gasteiger partial charge in [0.15, 0.2) is 0 Å². The van der Waals surface area contributed by atoms with E-state index >= 15 is 0 Å². The number of aliphatic hydroxyl groups is 1. The third kappa shape index (κ3) is 6.23. The number of halogens is 1. The van der Waals surface area contributed by atoms with Gasteiger partial charge in [-0.15, -0.1) is 12.4 Å². The third-order valence-electron chi connectivity index (χ3n) is 2.52. The van der Waals surface area contributed by atoms with Gasteiger partial charge in [0.05, 0.1) is 18.2 Å². The molecule has 6 heteroatoms. The molecular formula is C14H23ClN2O3. The fraction of sp³-hybridized carbons (Fsp3) is 0.500. The fourth-order valence-electron chi connectivity index (χ4n) is 1.52. The highest BCUT2D eigenvalue weighted by Gasteiger charge is 2.12. The minimum Gasteiger partial charge on any atom is -0.491 e. The molecular weight excluding hydrogens is 280 g/mol. The van der Waals surface area contributed by atoms with Gasteiger partial charge in [-0.05, 0) is 38.5 Å². The van der Waals surface area contributed by atoms with E-state index in [-0.39, 0.29) is 31.0 Å². The van der Waals surface area contributed by atoms with Crippen molar-refractivity contribution in [3.63, 3.8) is 0 Å². The number of nitrogens with one attached hydrogen (secondary N) is 1. The number of carbonyl (C=O) groups excluding carboxylic acids is 1. The first kappa shape index (κ1) is 18.7. The van der Waals surface area contributed by atoms with Crippen molar-refractivity contribution in [3.8, 4) is 5.75 Å². The second-order valence-electron chi connectivity index (χ2n) is 4.79. The van der Waals surface area contributed by atoms with Crippen molar-refractivity contribution >= 4 is 18.3 Å². The maximum atomic E-state index is 11.3. The van der Waals surface area contributed by atoms with E-state index in [0.29, 0.717) is 0 Å². The van der Waals surface area contributed by atoms with Crippen molar-refractivity contribution in [1.82, 2.24) is 5.32 Å². The van der Waals surface area contributed by atoms with E-state index in [2.05, 4.69) is 5.32 Å². The van der Waals surface area contributed by atoms with Gasteiger partial charge in [0.1, 0.15) is 5.75 Å². The molecule has 0 radical (unpaired) electrons. The molecule has 1 amide bonds. The summed E-state index contributed by atoms with van der Waals surface area (Å²) in [5.74, 6) is 0.476. The third-order valence-corrected chi connectivity index (χ3v) is 2.52. The molecule has 0 bridgehead atoms. The van der Waals surface area contributed by atoms with E-state index in [1.807, 2.05) is 13.8 Å². The van der Waals surface area contributed by atoms with Gasteiger partial charge in [0.25, 0.3) is 0 Å². The number of hydrogen-bond donors (Lipinski definition) is 3. The Kier molecular flexibility index (Phi) is 8.22. The van der Waals surface area contributed by atoms with Gasteiger partial charge in [-0.1, -0.05) is 12.1 Å². The molecule has 1 aromatic rings. The number of hydrogen-bond acceptors (Lipinski definition) is 4. The summed E-state index contributed by atoms with van der Waals surface area (Å²) in [6.07, 6.45) is -0.642. The van der Waals surface area contributed by atoms with Crippen LogP contribution in [0.2, 0.25) is 0 Å². The zero-order valence-corrected chi connectivity index (χ0v) is 12.8. The summed E-state index contributed by atoms with van der Waals surface area (Å²) in [5, 5.41) is 12.5. The van der Waals surface area contributed by atoms with Crippen molar-refractivity contribution in [2.24, 2.45) is 5.73 Å². The average molecular weight is 303 g/mol. The summed E-state index contributed by atoms with van der Waals surface area (Å²) in [5.41, 5.74) is 6.14. The van der Waals surface area contributed by atoms with Crippen molar-refractivity contribution in [2.75, 3.05) is 6.54 Å². The minimum absolute atomic E-state index is 0. The van der Waals surface area contributed by atoms with Gasteiger partial charge in [0, 0.05) is 6.54 Å². The summed E-state index contributed by atoms with van der Waals surface area (Å²) in [6, 6.07) is 6.58. The van der Waals surface area contributed by atoms with Crippen LogP contribution in [0.25, 0.3) is 0 Å². The Morgan fingerprint density at radius 2 is 1.85 bits per heavy atom. The number of aliphatic hydroxyl groups excluding tert-OH is 1. The lowest BCUT2D eigenvalue weighted by Crippen LogP contribution is -2.40. The van der Waals surface area contributed by atoms with Crippen molar-refractivity contribution in [3.05, 3.63) is 29.8 Å². The SMILES string of the molecule is CC(C)Oc1ccc(C(O)CNC(=O)[C@@H](C)N)cc1.Cl. The molecule has 5 nitrogen and oxygen atoms in total. The van der Waals surface area contributed by atoms with Crippen molar-refractivity contribution in [2.45, 2.75) is 39.0 Å². The number of carbonyl (C=O) groups is 1. The number of amides is 1. The molecule has 0 saturated heterocycles. The maximum absolute atomic E-state index is 11.3. The van der Waals surface area contributed by atoms with Crippen LogP contribution in [0, 0.1) is 0 Å². The predicted octanol–water partition coefficient (Wildman–Crippen LogP) is 1.39. The lowest BCUT2D eigenvalue weighted by Gasteiger charge is -2.15. The Labute approximate surface area is 125 Å². The highest BCUT2D eigenvalue weighted by molar-refractivity contribution is 5.85. The normalized spacial score (nSPS) is 13.3. The van der Waals surface area contributed by atoms with Crippen LogP contribution < -0.4 is 15.8 Å². The molecule has 0 saturated carbocycles. The molecule has 1 aromatic carbocycles. The zero-order valence-electron chi connectivity index (χ0n) is 12.0. The number of ether oxygens (including phenoxy) is 1. The molecule has 0 aliphatic rings. The van der Waals surface area contributed by atoms with E-state index in [9.17, 15) is 9.90 Å². The highest BCUT2D eigenvalue weighted by Crippen LogP contribution is 2.18. The van der Waals surface area contributed by atoms with Crippen LogP contribution in [0.5, 0.6) is 5.75 Å². The minimum atomic E-state index is -0.754. The van der Waals surface area contributed by atoms with Gasteiger partial charge in [-0.2, -0.15) is 0 Å². The summed E-state index contributed by atoms with van der Waals surface area (Å²) >= 11 is 0. The van der Waals surface area contributed by atoms with Gasteiger partial charge in [-0.25, -0.2) is 0 Å². The second-order valence-corrected chi connectivity index (χ2v) is 4.79. The molecule has 2 atom stereocenters. The number of rotatable bonds is 6. The molecule has 0 heterocycles. The quantitative estimate of drug-likeness (QED) is 0.741. The molecule has 0 spiro atoms. The standard InChI is InChI=1S/C14H22N2O3.ClH/c1-9(2)19-12-6-4-11(5-7-12)13(17)8-16-14(18)10(3)15;/h4-7,9-10,13,17H,8,15H2,1-3H3,(H,16,18);1H/t10-,13?;/m1./s1. The molecule has 1 unspecified atom stereocenters. The Hall–Kier alpha value is -1.30. The zero-order chi connectivity index (χ0) is 14.4. The molecule has 0 aliphatic heterocycles. The molecule has 0 fully saturated rings. The summed E-state index contributed by atoms with van der Waals surface area (Å²) in [6.45, 7) is 5.64. The maximum Gasteiger partial charge on any atom is 0.236 e. The van der Waals surface area contributed by atoms with Gasteiger partial charge < -0.3 is 20.9 Å². The lowest BCUT2D eigenvalue weighted by atomic mass is 10.1. The lowest BCUT2D eigenvalue weighted by molar-refractivity contribution is -0.122. The topological polar surface area (TPSA) is 84.6 Å². The summed E-state index contributed by atoms with van der Waals surface area (Å²) in [7, 11) is 0. The van der Waals surface area contributed by atoms with Crippen LogP contribution in [0.1, 0.15) is 32.4 Å². The first-order valence-electron chi connectivity index (χ1n) is 6.38. The Morgan fingerprint density at radius 1 is 1.30 bits per heavy atom. The van der Waals surface area contributed by atoms with Gasteiger partial charge in [0.2, 0.25) is 5.91 Å². The molecule has 0 aliphatic carbocycles. The molecule has 20 heavy (non-hydrogen) atoms. The predicted molar refractivity (Wildman–Crippen MR) is 81.1 cm³/mol. The smallest absolute Gasteiger partial charge is 0.236 e. The van der Waals surface area contributed by atoms with Crippen LogP contribution in [0.3, 0.4) is 0 Å². The van der Waals surface area contributed by atoms with Crippen LogP contribution in [-0.2, 0) is 4.79 Å². The monoisotopic (exact) mass is 302 g/mol. The van der Waals surface area contributed by atoms with Crippen LogP contribution in [-0.4, -0.2) is 29.7 Å². The van der Waals surface area contributed by atoms with E-state index in [4.69, 9.17) is 10.5 Å². The highest BCUT2D eigenvalue weighted by atomic mass is 35.5. The van der Waals surface area contributed by atoms with Crippen molar-refractivity contribution < 1.29 is 14.6 Å². The Bertz CT molecular complexity index is 407. The first-order chi connectivity index (χ1) is 8.90.